The van der Waals surface area contributed by atoms with Gasteiger partial charge in [0.25, 0.3) is 0 Å². The van der Waals surface area contributed by atoms with E-state index in [0.29, 0.717) is 18.0 Å². The van der Waals surface area contributed by atoms with Gasteiger partial charge in [-0.05, 0) is 50.1 Å². The van der Waals surface area contributed by atoms with Crippen LogP contribution in [0.3, 0.4) is 0 Å². The number of nitrogens with one attached hydrogen (secondary N) is 2. The highest BCUT2D eigenvalue weighted by atomic mass is 16.5. The second kappa shape index (κ2) is 8.20. The largest absolute Gasteiger partial charge is 0.487 e. The number of anilines is 2. The third-order valence-corrected chi connectivity index (χ3v) is 3.46. The summed E-state index contributed by atoms with van der Waals surface area (Å²) in [5.74, 6) is 0.515. The first-order chi connectivity index (χ1) is 11.5. The Morgan fingerprint density at radius 2 is 1.88 bits per heavy atom. The van der Waals surface area contributed by atoms with Crippen LogP contribution < -0.4 is 15.4 Å². The Hall–Kier alpha value is -2.75. The van der Waals surface area contributed by atoms with E-state index < -0.39 is 0 Å². The summed E-state index contributed by atoms with van der Waals surface area (Å²) in [4.78, 5) is 12.2. The van der Waals surface area contributed by atoms with Gasteiger partial charge in [0.05, 0.1) is 12.2 Å². The molecule has 0 fully saturated rings. The molecule has 2 N–H and O–H groups in total. The van der Waals surface area contributed by atoms with Gasteiger partial charge in [-0.1, -0.05) is 36.4 Å². The minimum atomic E-state index is -0.124. The zero-order valence-electron chi connectivity index (χ0n) is 14.5. The number of hydrogen-bond donors (Lipinski definition) is 2. The van der Waals surface area contributed by atoms with Crippen LogP contribution in [0.5, 0.6) is 5.75 Å². The van der Waals surface area contributed by atoms with Crippen LogP contribution in [-0.4, -0.2) is 19.1 Å². The van der Waals surface area contributed by atoms with Crippen LogP contribution in [0.15, 0.2) is 54.6 Å². The number of rotatable bonds is 7. The molecule has 0 saturated heterocycles. The molecule has 0 aliphatic rings. The molecule has 0 unspecified atom stereocenters. The summed E-state index contributed by atoms with van der Waals surface area (Å²) in [7, 11) is 0. The first-order valence-electron chi connectivity index (χ1n) is 7.93. The van der Waals surface area contributed by atoms with Crippen molar-refractivity contribution in [2.24, 2.45) is 0 Å². The van der Waals surface area contributed by atoms with Gasteiger partial charge in [0.15, 0.2) is 0 Å². The molecule has 24 heavy (non-hydrogen) atoms. The molecule has 0 atom stereocenters. The zero-order valence-corrected chi connectivity index (χ0v) is 14.5. The van der Waals surface area contributed by atoms with Crippen LogP contribution in [0, 0.1) is 13.8 Å². The van der Waals surface area contributed by atoms with E-state index in [1.807, 2.05) is 57.2 Å². The Labute approximate surface area is 143 Å². The minimum absolute atomic E-state index is 0.124. The number of ether oxygens (including phenoxy) is 1. The third-order valence-electron chi connectivity index (χ3n) is 3.46. The van der Waals surface area contributed by atoms with Gasteiger partial charge in [0.2, 0.25) is 5.91 Å². The maximum atomic E-state index is 12.2. The zero-order chi connectivity index (χ0) is 17.5. The van der Waals surface area contributed by atoms with E-state index in [1.165, 1.54) is 5.56 Å². The van der Waals surface area contributed by atoms with Crippen molar-refractivity contribution in [3.63, 3.8) is 0 Å². The Bertz CT molecular complexity index is 738. The lowest BCUT2D eigenvalue weighted by Crippen LogP contribution is -2.22. The van der Waals surface area contributed by atoms with Gasteiger partial charge < -0.3 is 15.4 Å². The van der Waals surface area contributed by atoms with Gasteiger partial charge in [0, 0.05) is 5.69 Å². The van der Waals surface area contributed by atoms with Gasteiger partial charge in [-0.25, -0.2) is 0 Å². The number of aryl methyl sites for hydroxylation is 2. The molecule has 0 bridgehead atoms. The summed E-state index contributed by atoms with van der Waals surface area (Å²) in [5, 5.41) is 6.04. The molecule has 0 spiro atoms. The van der Waals surface area contributed by atoms with Crippen molar-refractivity contribution in [1.29, 1.82) is 0 Å². The predicted octanol–water partition coefficient (Wildman–Crippen LogP) is 4.31. The van der Waals surface area contributed by atoms with Crippen molar-refractivity contribution in [3.05, 3.63) is 65.7 Å². The Kier molecular flexibility index (Phi) is 6.01. The summed E-state index contributed by atoms with van der Waals surface area (Å²) in [6.07, 6.45) is 0. The monoisotopic (exact) mass is 324 g/mol. The first-order valence-corrected chi connectivity index (χ1v) is 7.93. The van der Waals surface area contributed by atoms with Crippen molar-refractivity contribution < 1.29 is 9.53 Å². The highest BCUT2D eigenvalue weighted by Crippen LogP contribution is 2.24. The molecule has 0 heterocycles. The van der Waals surface area contributed by atoms with E-state index in [9.17, 15) is 4.79 Å². The van der Waals surface area contributed by atoms with E-state index in [-0.39, 0.29) is 12.5 Å². The maximum absolute atomic E-state index is 12.2. The molecule has 2 aromatic carbocycles. The average Bonchev–Trinajstić information content (AvgIpc) is 2.53. The molecular formula is C20H24N2O2. The molecule has 0 aliphatic carbocycles. The molecule has 2 rings (SSSR count). The fraction of sp³-hybridized carbons (Fsp3) is 0.250. The van der Waals surface area contributed by atoms with Gasteiger partial charge in [-0.3, -0.25) is 4.79 Å². The number of carbonyl (C=O) groups is 1. The van der Waals surface area contributed by atoms with Gasteiger partial charge in [-0.2, -0.15) is 0 Å². The van der Waals surface area contributed by atoms with Crippen molar-refractivity contribution in [2.45, 2.75) is 20.8 Å². The van der Waals surface area contributed by atoms with Crippen LogP contribution >= 0.6 is 0 Å². The summed E-state index contributed by atoms with van der Waals surface area (Å²) in [6.45, 7) is 10.4. The Morgan fingerprint density at radius 1 is 1.12 bits per heavy atom. The summed E-state index contributed by atoms with van der Waals surface area (Å²) in [5.41, 5.74) is 4.86. The Balaban J connectivity index is 1.96. The molecular weight excluding hydrogens is 300 g/mol. The molecule has 1 amide bonds. The highest BCUT2D eigenvalue weighted by molar-refractivity contribution is 5.95. The standard InChI is InChI=1S/C20H24N2O2/c1-14(2)13-24-19-8-6-5-7-18(19)22-20(23)12-21-17-10-9-15(3)11-16(17)4/h5-11,21H,1,12-13H2,2-4H3,(H,22,23). The number of hydrogen-bond acceptors (Lipinski definition) is 3. The number of amides is 1. The Morgan fingerprint density at radius 3 is 2.58 bits per heavy atom. The van der Waals surface area contributed by atoms with Crippen molar-refractivity contribution >= 4 is 17.3 Å². The molecule has 0 radical (unpaired) electrons. The van der Waals surface area contributed by atoms with Crippen molar-refractivity contribution in [1.82, 2.24) is 0 Å². The average molecular weight is 324 g/mol. The first kappa shape index (κ1) is 17.6. The van der Waals surface area contributed by atoms with E-state index in [0.717, 1.165) is 16.8 Å². The van der Waals surface area contributed by atoms with Crippen LogP contribution in [0.4, 0.5) is 11.4 Å². The summed E-state index contributed by atoms with van der Waals surface area (Å²) in [6, 6.07) is 13.5. The maximum Gasteiger partial charge on any atom is 0.243 e. The third kappa shape index (κ3) is 5.16. The highest BCUT2D eigenvalue weighted by Gasteiger charge is 2.08. The van der Waals surface area contributed by atoms with Crippen molar-refractivity contribution in [2.75, 3.05) is 23.8 Å². The number of benzene rings is 2. The molecule has 2 aromatic rings. The molecule has 0 aliphatic heterocycles. The van der Waals surface area contributed by atoms with E-state index >= 15 is 0 Å². The molecule has 126 valence electrons. The minimum Gasteiger partial charge on any atom is -0.487 e. The molecule has 4 nitrogen and oxygen atoms in total. The van der Waals surface area contributed by atoms with E-state index in [1.54, 1.807) is 0 Å². The normalized spacial score (nSPS) is 10.1. The van der Waals surface area contributed by atoms with Crippen LogP contribution in [-0.2, 0) is 4.79 Å². The molecule has 0 aromatic heterocycles. The number of para-hydroxylation sites is 2. The molecule has 4 heteroatoms. The van der Waals surface area contributed by atoms with Crippen LogP contribution in [0.2, 0.25) is 0 Å². The smallest absolute Gasteiger partial charge is 0.243 e. The predicted molar refractivity (Wildman–Crippen MR) is 99.8 cm³/mol. The van der Waals surface area contributed by atoms with Gasteiger partial charge >= 0.3 is 0 Å². The number of carbonyl (C=O) groups excluding carboxylic acids is 1. The second-order valence-electron chi connectivity index (χ2n) is 5.96. The lowest BCUT2D eigenvalue weighted by molar-refractivity contribution is -0.114. The van der Waals surface area contributed by atoms with E-state index in [4.69, 9.17) is 4.74 Å². The lowest BCUT2D eigenvalue weighted by Gasteiger charge is -2.14. The molecule has 0 saturated carbocycles. The van der Waals surface area contributed by atoms with E-state index in [2.05, 4.69) is 23.3 Å². The second-order valence-corrected chi connectivity index (χ2v) is 5.96. The summed E-state index contributed by atoms with van der Waals surface area (Å²) < 4.78 is 5.66. The fourth-order valence-electron chi connectivity index (χ4n) is 2.28. The van der Waals surface area contributed by atoms with Gasteiger partial charge in [0.1, 0.15) is 12.4 Å². The lowest BCUT2D eigenvalue weighted by atomic mass is 10.1. The van der Waals surface area contributed by atoms with Crippen molar-refractivity contribution in [3.8, 4) is 5.75 Å². The van der Waals surface area contributed by atoms with Crippen LogP contribution in [0.1, 0.15) is 18.1 Å². The fourth-order valence-corrected chi connectivity index (χ4v) is 2.28. The van der Waals surface area contributed by atoms with Gasteiger partial charge in [-0.15, -0.1) is 0 Å². The SMILES string of the molecule is C=C(C)COc1ccccc1NC(=O)CNc1ccc(C)cc1C. The summed E-state index contributed by atoms with van der Waals surface area (Å²) >= 11 is 0. The van der Waals surface area contributed by atoms with Crippen LogP contribution in [0.25, 0.3) is 0 Å². The topological polar surface area (TPSA) is 50.4 Å². The quantitative estimate of drug-likeness (QED) is 0.746.